The molecule has 1 aromatic rings. The number of hydrogen-bond acceptors (Lipinski definition) is 6. The average Bonchev–Trinajstić information content (AvgIpc) is 2.58. The van der Waals surface area contributed by atoms with Crippen molar-refractivity contribution < 1.29 is 23.9 Å². The molecule has 0 heterocycles. The van der Waals surface area contributed by atoms with Crippen molar-refractivity contribution in [3.05, 3.63) is 29.8 Å². The smallest absolute Gasteiger partial charge is 0.321 e. The number of carbonyl (C=O) groups is 4. The number of aryl methyl sites for hydroxylation is 1. The summed E-state index contributed by atoms with van der Waals surface area (Å²) in [6.45, 7) is 3.70. The van der Waals surface area contributed by atoms with Crippen molar-refractivity contribution in [2.24, 2.45) is 0 Å². The third-order valence-corrected chi connectivity index (χ3v) is 3.81. The van der Waals surface area contributed by atoms with E-state index >= 15 is 0 Å². The number of benzene rings is 1. The van der Waals surface area contributed by atoms with Gasteiger partial charge in [-0.15, -0.1) is 11.8 Å². The van der Waals surface area contributed by atoms with Crippen molar-refractivity contribution >= 4 is 41.3 Å². The summed E-state index contributed by atoms with van der Waals surface area (Å²) in [6.07, 6.45) is 0.741. The third kappa shape index (κ3) is 9.67. The standard InChI is InChI=1S/C17H23N3O5S/c1-3-7-18-17(24)20-14(21)9-25-16(23)11-26-10-15(22)19-13-6-4-5-12(2)8-13/h4-6,8H,3,7,9-11H2,1-2H3,(H,19,22)(H2,18,20,21,24). The van der Waals surface area contributed by atoms with E-state index in [4.69, 9.17) is 4.74 Å². The van der Waals surface area contributed by atoms with Crippen molar-refractivity contribution in [1.82, 2.24) is 10.6 Å². The third-order valence-electron chi connectivity index (χ3n) is 2.91. The number of amides is 4. The fourth-order valence-corrected chi connectivity index (χ4v) is 2.39. The number of thioether (sulfide) groups is 1. The van der Waals surface area contributed by atoms with E-state index in [-0.39, 0.29) is 17.4 Å². The Morgan fingerprint density at radius 3 is 2.58 bits per heavy atom. The molecule has 1 aromatic carbocycles. The Labute approximate surface area is 156 Å². The highest BCUT2D eigenvalue weighted by molar-refractivity contribution is 8.00. The first-order valence-corrected chi connectivity index (χ1v) is 9.23. The molecule has 0 unspecified atom stereocenters. The van der Waals surface area contributed by atoms with E-state index in [1.165, 1.54) is 0 Å². The molecule has 26 heavy (non-hydrogen) atoms. The number of ether oxygens (including phenoxy) is 1. The Morgan fingerprint density at radius 2 is 1.88 bits per heavy atom. The average molecular weight is 381 g/mol. The molecule has 0 aromatic heterocycles. The van der Waals surface area contributed by atoms with Gasteiger partial charge in [0.25, 0.3) is 5.91 Å². The molecular weight excluding hydrogens is 358 g/mol. The molecule has 0 radical (unpaired) electrons. The van der Waals surface area contributed by atoms with Gasteiger partial charge >= 0.3 is 12.0 Å². The zero-order chi connectivity index (χ0) is 19.4. The molecule has 0 aliphatic rings. The van der Waals surface area contributed by atoms with Crippen LogP contribution in [0.3, 0.4) is 0 Å². The van der Waals surface area contributed by atoms with Crippen molar-refractivity contribution in [2.45, 2.75) is 20.3 Å². The van der Waals surface area contributed by atoms with Crippen LogP contribution in [0.4, 0.5) is 10.5 Å². The molecule has 0 bridgehead atoms. The van der Waals surface area contributed by atoms with Crippen LogP contribution in [0, 0.1) is 6.92 Å². The first-order chi connectivity index (χ1) is 12.4. The maximum Gasteiger partial charge on any atom is 0.321 e. The lowest BCUT2D eigenvalue weighted by molar-refractivity contribution is -0.145. The number of hydrogen-bond donors (Lipinski definition) is 3. The summed E-state index contributed by atoms with van der Waals surface area (Å²) >= 11 is 1.07. The molecular formula is C17H23N3O5S. The maximum atomic E-state index is 11.8. The molecule has 9 heteroatoms. The number of nitrogens with one attached hydrogen (secondary N) is 3. The highest BCUT2D eigenvalue weighted by atomic mass is 32.2. The SMILES string of the molecule is CCCNC(=O)NC(=O)COC(=O)CSCC(=O)Nc1cccc(C)c1. The van der Waals surface area contributed by atoms with Gasteiger partial charge in [0.2, 0.25) is 5.91 Å². The van der Waals surface area contributed by atoms with Crippen LogP contribution in [-0.2, 0) is 19.1 Å². The number of imide groups is 1. The van der Waals surface area contributed by atoms with Crippen LogP contribution in [0.1, 0.15) is 18.9 Å². The number of anilines is 1. The minimum atomic E-state index is -0.714. The monoisotopic (exact) mass is 381 g/mol. The van der Waals surface area contributed by atoms with E-state index in [9.17, 15) is 19.2 Å². The summed E-state index contributed by atoms with van der Waals surface area (Å²) in [7, 11) is 0. The highest BCUT2D eigenvalue weighted by Gasteiger charge is 2.11. The minimum Gasteiger partial charge on any atom is -0.455 e. The van der Waals surface area contributed by atoms with Crippen LogP contribution in [-0.4, -0.2) is 48.5 Å². The molecule has 142 valence electrons. The van der Waals surface area contributed by atoms with Crippen molar-refractivity contribution in [3.8, 4) is 0 Å². The second kappa shape index (κ2) is 11.9. The topological polar surface area (TPSA) is 114 Å². The van der Waals surface area contributed by atoms with Gasteiger partial charge in [-0.2, -0.15) is 0 Å². The molecule has 1 rings (SSSR count). The summed E-state index contributed by atoms with van der Waals surface area (Å²) in [5.74, 6) is -1.58. The van der Waals surface area contributed by atoms with Gasteiger partial charge in [-0.3, -0.25) is 19.7 Å². The molecule has 8 nitrogen and oxygen atoms in total. The van der Waals surface area contributed by atoms with Crippen LogP contribution in [0.25, 0.3) is 0 Å². The lowest BCUT2D eigenvalue weighted by atomic mass is 10.2. The van der Waals surface area contributed by atoms with E-state index in [1.54, 1.807) is 6.07 Å². The summed E-state index contributed by atoms with van der Waals surface area (Å²) in [5.41, 5.74) is 1.72. The van der Waals surface area contributed by atoms with Crippen LogP contribution < -0.4 is 16.0 Å². The minimum absolute atomic E-state index is 0.0729. The van der Waals surface area contributed by atoms with Gasteiger partial charge in [0.15, 0.2) is 6.61 Å². The number of esters is 1. The van der Waals surface area contributed by atoms with Gasteiger partial charge in [0, 0.05) is 12.2 Å². The Balaban J connectivity index is 2.17. The Hall–Kier alpha value is -2.55. The van der Waals surface area contributed by atoms with E-state index in [0.29, 0.717) is 12.2 Å². The van der Waals surface area contributed by atoms with E-state index in [2.05, 4.69) is 10.6 Å². The number of urea groups is 1. The quantitative estimate of drug-likeness (QED) is 0.558. The fourth-order valence-electron chi connectivity index (χ4n) is 1.78. The van der Waals surface area contributed by atoms with Gasteiger partial charge in [0.05, 0.1) is 11.5 Å². The Morgan fingerprint density at radius 1 is 1.12 bits per heavy atom. The normalized spacial score (nSPS) is 9.92. The molecule has 0 saturated heterocycles. The van der Waals surface area contributed by atoms with Gasteiger partial charge < -0.3 is 15.4 Å². The molecule has 4 amide bonds. The van der Waals surface area contributed by atoms with E-state index < -0.39 is 24.5 Å². The van der Waals surface area contributed by atoms with Crippen LogP contribution in [0.2, 0.25) is 0 Å². The Kier molecular flexibility index (Phi) is 9.85. The second-order valence-electron chi connectivity index (χ2n) is 5.38. The zero-order valence-electron chi connectivity index (χ0n) is 14.8. The number of rotatable bonds is 9. The first-order valence-electron chi connectivity index (χ1n) is 8.08. The second-order valence-corrected chi connectivity index (χ2v) is 6.36. The largest absolute Gasteiger partial charge is 0.455 e. The van der Waals surface area contributed by atoms with Gasteiger partial charge in [-0.25, -0.2) is 4.79 Å². The molecule has 0 fully saturated rings. The molecule has 0 spiro atoms. The van der Waals surface area contributed by atoms with Gasteiger partial charge in [-0.1, -0.05) is 19.1 Å². The van der Waals surface area contributed by atoms with Crippen molar-refractivity contribution in [3.63, 3.8) is 0 Å². The summed E-state index contributed by atoms with van der Waals surface area (Å²) in [5, 5.41) is 7.22. The summed E-state index contributed by atoms with van der Waals surface area (Å²) < 4.78 is 4.74. The molecule has 0 atom stereocenters. The van der Waals surface area contributed by atoms with E-state index in [0.717, 1.165) is 23.7 Å². The van der Waals surface area contributed by atoms with Crippen molar-refractivity contribution in [2.75, 3.05) is 30.0 Å². The molecule has 3 N–H and O–H groups in total. The lowest BCUT2D eigenvalue weighted by Gasteiger charge is -2.07. The maximum absolute atomic E-state index is 11.8. The zero-order valence-corrected chi connectivity index (χ0v) is 15.6. The molecule has 0 aliphatic heterocycles. The Bertz CT molecular complexity index is 651. The van der Waals surface area contributed by atoms with Gasteiger partial charge in [-0.05, 0) is 31.0 Å². The predicted molar refractivity (Wildman–Crippen MR) is 99.9 cm³/mol. The highest BCUT2D eigenvalue weighted by Crippen LogP contribution is 2.10. The van der Waals surface area contributed by atoms with E-state index in [1.807, 2.05) is 37.4 Å². The van der Waals surface area contributed by atoms with Crippen LogP contribution in [0.15, 0.2) is 24.3 Å². The van der Waals surface area contributed by atoms with Crippen LogP contribution >= 0.6 is 11.8 Å². The predicted octanol–water partition coefficient (Wildman–Crippen LogP) is 1.45. The first kappa shape index (κ1) is 21.5. The fraction of sp³-hybridized carbons (Fsp3) is 0.412. The number of carbonyl (C=O) groups excluding carboxylic acids is 4. The summed E-state index contributed by atoms with van der Waals surface area (Å²) in [4.78, 5) is 46.0. The summed E-state index contributed by atoms with van der Waals surface area (Å²) in [6, 6.07) is 6.74. The molecule has 0 saturated carbocycles. The lowest BCUT2D eigenvalue weighted by Crippen LogP contribution is -2.41. The van der Waals surface area contributed by atoms with Crippen molar-refractivity contribution in [1.29, 1.82) is 0 Å². The molecule has 0 aliphatic carbocycles. The van der Waals surface area contributed by atoms with Gasteiger partial charge in [0.1, 0.15) is 0 Å². The van der Waals surface area contributed by atoms with Crippen LogP contribution in [0.5, 0.6) is 0 Å².